The fourth-order valence-electron chi connectivity index (χ4n) is 2.92. The average Bonchev–Trinajstić information content (AvgIpc) is 2.54. The molecular formula is C19H19BrN2O3. The first-order valence-corrected chi connectivity index (χ1v) is 8.75. The fourth-order valence-corrected chi connectivity index (χ4v) is 3.60. The van der Waals surface area contributed by atoms with E-state index >= 15 is 0 Å². The van der Waals surface area contributed by atoms with Crippen molar-refractivity contribution in [2.75, 3.05) is 23.4 Å². The number of carbonyl (C=O) groups is 2. The Morgan fingerprint density at radius 1 is 1.20 bits per heavy atom. The van der Waals surface area contributed by atoms with E-state index in [1.807, 2.05) is 51.1 Å². The van der Waals surface area contributed by atoms with Crippen LogP contribution in [0.15, 0.2) is 34.8 Å². The lowest BCUT2D eigenvalue weighted by atomic mass is 10.1. The number of fused-ring (bicyclic) bond motifs is 1. The standard InChI is InChI=1S/C19H19BrN2O3/c1-11-4-5-16-15(6-11)22(18(24)10-25-16)9-17(23)21-19-12(2)7-14(20)8-13(19)3/h4-8H,9-10H2,1-3H3,(H,21,23). The summed E-state index contributed by atoms with van der Waals surface area (Å²) >= 11 is 3.45. The zero-order valence-corrected chi connectivity index (χ0v) is 15.9. The van der Waals surface area contributed by atoms with Crippen LogP contribution in [0.3, 0.4) is 0 Å². The first-order valence-electron chi connectivity index (χ1n) is 7.95. The highest BCUT2D eigenvalue weighted by molar-refractivity contribution is 9.10. The van der Waals surface area contributed by atoms with Crippen molar-refractivity contribution >= 4 is 39.1 Å². The van der Waals surface area contributed by atoms with Gasteiger partial charge in [0.1, 0.15) is 12.3 Å². The second-order valence-electron chi connectivity index (χ2n) is 6.20. The monoisotopic (exact) mass is 402 g/mol. The molecule has 0 unspecified atom stereocenters. The van der Waals surface area contributed by atoms with Crippen molar-refractivity contribution in [3.63, 3.8) is 0 Å². The minimum atomic E-state index is -0.240. The van der Waals surface area contributed by atoms with Crippen molar-refractivity contribution in [2.24, 2.45) is 0 Å². The van der Waals surface area contributed by atoms with Gasteiger partial charge in [0.05, 0.1) is 5.69 Å². The molecule has 0 spiro atoms. The molecule has 6 heteroatoms. The van der Waals surface area contributed by atoms with Gasteiger partial charge >= 0.3 is 0 Å². The van der Waals surface area contributed by atoms with Crippen LogP contribution < -0.4 is 15.0 Å². The lowest BCUT2D eigenvalue weighted by Crippen LogP contribution is -2.43. The lowest BCUT2D eigenvalue weighted by Gasteiger charge is -2.29. The highest BCUT2D eigenvalue weighted by atomic mass is 79.9. The van der Waals surface area contributed by atoms with Gasteiger partial charge in [0.2, 0.25) is 5.91 Å². The number of nitrogens with one attached hydrogen (secondary N) is 1. The molecular weight excluding hydrogens is 384 g/mol. The van der Waals surface area contributed by atoms with Crippen LogP contribution in [0.4, 0.5) is 11.4 Å². The van der Waals surface area contributed by atoms with E-state index < -0.39 is 0 Å². The van der Waals surface area contributed by atoms with Crippen LogP contribution in [0.2, 0.25) is 0 Å². The SMILES string of the molecule is Cc1ccc2c(c1)N(CC(=O)Nc1c(C)cc(Br)cc1C)C(=O)CO2. The van der Waals surface area contributed by atoms with Crippen molar-refractivity contribution in [3.05, 3.63) is 51.5 Å². The molecule has 0 radical (unpaired) electrons. The Balaban J connectivity index is 1.82. The molecule has 1 aliphatic rings. The highest BCUT2D eigenvalue weighted by Crippen LogP contribution is 2.33. The predicted octanol–water partition coefficient (Wildman–Crippen LogP) is 3.74. The molecule has 1 heterocycles. The number of carbonyl (C=O) groups excluding carboxylic acids is 2. The Hall–Kier alpha value is -2.34. The molecule has 2 aromatic rings. The third-order valence-corrected chi connectivity index (χ3v) is 4.58. The van der Waals surface area contributed by atoms with Gasteiger partial charge in [-0.15, -0.1) is 0 Å². The summed E-state index contributed by atoms with van der Waals surface area (Å²) < 4.78 is 6.41. The largest absolute Gasteiger partial charge is 0.482 e. The molecule has 2 aromatic carbocycles. The molecule has 1 N–H and O–H groups in total. The lowest BCUT2D eigenvalue weighted by molar-refractivity contribution is -0.123. The fraction of sp³-hybridized carbons (Fsp3) is 0.263. The molecule has 0 atom stereocenters. The summed E-state index contributed by atoms with van der Waals surface area (Å²) in [4.78, 5) is 26.3. The summed E-state index contributed by atoms with van der Waals surface area (Å²) in [7, 11) is 0. The number of nitrogens with zero attached hydrogens (tertiary/aromatic N) is 1. The van der Waals surface area contributed by atoms with Crippen molar-refractivity contribution in [3.8, 4) is 5.75 Å². The third-order valence-electron chi connectivity index (χ3n) is 4.12. The predicted molar refractivity (Wildman–Crippen MR) is 101 cm³/mol. The van der Waals surface area contributed by atoms with Crippen molar-refractivity contribution in [1.82, 2.24) is 0 Å². The zero-order chi connectivity index (χ0) is 18.1. The Morgan fingerprint density at radius 2 is 1.88 bits per heavy atom. The topological polar surface area (TPSA) is 58.6 Å². The van der Waals surface area contributed by atoms with Crippen LogP contribution in [-0.4, -0.2) is 25.0 Å². The molecule has 2 amide bonds. The van der Waals surface area contributed by atoms with Crippen LogP contribution in [0.1, 0.15) is 16.7 Å². The number of benzene rings is 2. The first-order chi connectivity index (χ1) is 11.8. The van der Waals surface area contributed by atoms with Gasteiger partial charge < -0.3 is 10.1 Å². The smallest absolute Gasteiger partial charge is 0.265 e. The Labute approximate surface area is 155 Å². The van der Waals surface area contributed by atoms with Crippen LogP contribution in [-0.2, 0) is 9.59 Å². The second kappa shape index (κ2) is 6.88. The van der Waals surface area contributed by atoms with Gasteiger partial charge in [-0.1, -0.05) is 22.0 Å². The summed E-state index contributed by atoms with van der Waals surface area (Å²) in [5, 5.41) is 2.92. The minimum absolute atomic E-state index is 0.0480. The highest BCUT2D eigenvalue weighted by Gasteiger charge is 2.27. The molecule has 1 aliphatic heterocycles. The molecule has 0 bridgehead atoms. The number of ether oxygens (including phenoxy) is 1. The molecule has 0 aliphatic carbocycles. The average molecular weight is 403 g/mol. The van der Waals surface area contributed by atoms with E-state index in [1.54, 1.807) is 0 Å². The summed E-state index contributed by atoms with van der Waals surface area (Å²) in [5.74, 6) is 0.155. The van der Waals surface area contributed by atoms with Gasteiger partial charge in [-0.2, -0.15) is 0 Å². The molecule has 0 aromatic heterocycles. The van der Waals surface area contributed by atoms with Gasteiger partial charge in [-0.25, -0.2) is 0 Å². The number of rotatable bonds is 3. The Kier molecular flexibility index (Phi) is 4.81. The molecule has 0 saturated heterocycles. The summed E-state index contributed by atoms with van der Waals surface area (Å²) in [6.45, 7) is 5.71. The van der Waals surface area contributed by atoms with E-state index in [0.717, 1.165) is 26.9 Å². The first kappa shape index (κ1) is 17.5. The maximum Gasteiger partial charge on any atom is 0.265 e. The van der Waals surface area contributed by atoms with Gasteiger partial charge in [0.25, 0.3) is 5.91 Å². The van der Waals surface area contributed by atoms with Crippen LogP contribution in [0, 0.1) is 20.8 Å². The summed E-state index contributed by atoms with van der Waals surface area (Å²) in [6.07, 6.45) is 0. The third kappa shape index (κ3) is 3.69. The van der Waals surface area contributed by atoms with E-state index in [0.29, 0.717) is 11.4 Å². The number of amides is 2. The zero-order valence-electron chi connectivity index (χ0n) is 14.4. The van der Waals surface area contributed by atoms with Crippen LogP contribution >= 0.6 is 15.9 Å². The molecule has 5 nitrogen and oxygen atoms in total. The van der Waals surface area contributed by atoms with E-state index in [9.17, 15) is 9.59 Å². The number of anilines is 2. The molecule has 25 heavy (non-hydrogen) atoms. The quantitative estimate of drug-likeness (QED) is 0.850. The van der Waals surface area contributed by atoms with Gasteiger partial charge in [-0.3, -0.25) is 14.5 Å². The number of halogens is 1. The number of aryl methyl sites for hydroxylation is 3. The molecule has 3 rings (SSSR count). The van der Waals surface area contributed by atoms with Gasteiger partial charge in [0, 0.05) is 10.2 Å². The van der Waals surface area contributed by atoms with Crippen molar-refractivity contribution < 1.29 is 14.3 Å². The molecule has 0 saturated carbocycles. The number of hydrogen-bond acceptors (Lipinski definition) is 3. The van der Waals surface area contributed by atoms with Gasteiger partial charge in [-0.05, 0) is 61.7 Å². The van der Waals surface area contributed by atoms with Crippen molar-refractivity contribution in [2.45, 2.75) is 20.8 Å². The van der Waals surface area contributed by atoms with Gasteiger partial charge in [0.15, 0.2) is 6.61 Å². The molecule has 0 fully saturated rings. The minimum Gasteiger partial charge on any atom is -0.482 e. The maximum absolute atomic E-state index is 12.6. The summed E-state index contributed by atoms with van der Waals surface area (Å²) in [5.41, 5.74) is 4.34. The van der Waals surface area contributed by atoms with Crippen molar-refractivity contribution in [1.29, 1.82) is 0 Å². The number of hydrogen-bond donors (Lipinski definition) is 1. The van der Waals surface area contributed by atoms with Crippen LogP contribution in [0.25, 0.3) is 0 Å². The second-order valence-corrected chi connectivity index (χ2v) is 7.12. The normalized spacial score (nSPS) is 13.3. The van der Waals surface area contributed by atoms with Crippen LogP contribution in [0.5, 0.6) is 5.75 Å². The Bertz CT molecular complexity index is 841. The van der Waals surface area contributed by atoms with E-state index in [2.05, 4.69) is 21.2 Å². The van der Waals surface area contributed by atoms with E-state index in [4.69, 9.17) is 4.74 Å². The summed E-state index contributed by atoms with van der Waals surface area (Å²) in [6, 6.07) is 9.49. The van der Waals surface area contributed by atoms with E-state index in [-0.39, 0.29) is 25.0 Å². The Morgan fingerprint density at radius 3 is 2.56 bits per heavy atom. The maximum atomic E-state index is 12.6. The van der Waals surface area contributed by atoms with E-state index in [1.165, 1.54) is 4.90 Å². The molecule has 130 valence electrons.